The smallest absolute Gasteiger partial charge is 0.363 e. The quantitative estimate of drug-likeness (QED) is 0.815. The summed E-state index contributed by atoms with van der Waals surface area (Å²) in [6, 6.07) is 8.31. The molecule has 28 heavy (non-hydrogen) atoms. The summed E-state index contributed by atoms with van der Waals surface area (Å²) in [6.45, 7) is 2.58. The standard InChI is InChI=1S/C20H23F3N4O/c1-13-7-5-6-10-26(13)19(28)16-12-18-24-15(14-8-3-2-4-9-14)11-17(20(21,22)23)27(18)25-16/h2-4,8-9,12-13,15,17,24H,5-7,10-11H2,1H3/t13-,15+,17-/m0/s1. The minimum Gasteiger partial charge on any atom is -0.363 e. The summed E-state index contributed by atoms with van der Waals surface area (Å²) in [6.07, 6.45) is -1.76. The summed E-state index contributed by atoms with van der Waals surface area (Å²) in [5, 5.41) is 7.21. The van der Waals surface area contributed by atoms with Crippen molar-refractivity contribution in [2.45, 2.75) is 56.9 Å². The monoisotopic (exact) mass is 392 g/mol. The van der Waals surface area contributed by atoms with Gasteiger partial charge in [-0.05, 0) is 31.7 Å². The lowest BCUT2D eigenvalue weighted by Gasteiger charge is -2.33. The van der Waals surface area contributed by atoms with Crippen LogP contribution in [0.15, 0.2) is 36.4 Å². The number of hydrogen-bond acceptors (Lipinski definition) is 3. The number of benzene rings is 1. The maximum absolute atomic E-state index is 13.8. The summed E-state index contributed by atoms with van der Waals surface area (Å²) in [5.41, 5.74) is 0.848. The molecule has 1 N–H and O–H groups in total. The first-order chi connectivity index (χ1) is 13.3. The molecule has 5 nitrogen and oxygen atoms in total. The van der Waals surface area contributed by atoms with Crippen LogP contribution >= 0.6 is 0 Å². The van der Waals surface area contributed by atoms with Gasteiger partial charge in [-0.1, -0.05) is 30.3 Å². The molecule has 0 bridgehead atoms. The van der Waals surface area contributed by atoms with Crippen LogP contribution in [0.2, 0.25) is 0 Å². The number of nitrogens with zero attached hydrogens (tertiary/aromatic N) is 3. The third-order valence-electron chi connectivity index (χ3n) is 5.67. The largest absolute Gasteiger partial charge is 0.410 e. The van der Waals surface area contributed by atoms with E-state index in [1.54, 1.807) is 29.2 Å². The lowest BCUT2D eigenvalue weighted by Crippen LogP contribution is -2.42. The number of carbonyl (C=O) groups is 1. The molecule has 0 saturated carbocycles. The fraction of sp³-hybridized carbons (Fsp3) is 0.500. The molecular formula is C20H23F3N4O. The van der Waals surface area contributed by atoms with Gasteiger partial charge in [-0.25, -0.2) is 4.68 Å². The van der Waals surface area contributed by atoms with Crippen molar-refractivity contribution in [3.8, 4) is 0 Å². The molecular weight excluding hydrogens is 369 g/mol. The van der Waals surface area contributed by atoms with E-state index < -0.39 is 18.3 Å². The van der Waals surface area contributed by atoms with E-state index in [-0.39, 0.29) is 29.9 Å². The molecule has 150 valence electrons. The second-order valence-corrected chi connectivity index (χ2v) is 7.60. The molecule has 1 saturated heterocycles. The summed E-state index contributed by atoms with van der Waals surface area (Å²) < 4.78 is 42.2. The first kappa shape index (κ1) is 18.8. The number of halogens is 3. The summed E-state index contributed by atoms with van der Waals surface area (Å²) in [4.78, 5) is 14.6. The van der Waals surface area contributed by atoms with Gasteiger partial charge in [0.2, 0.25) is 0 Å². The van der Waals surface area contributed by atoms with Gasteiger partial charge in [0.15, 0.2) is 11.7 Å². The molecule has 2 aliphatic heterocycles. The highest BCUT2D eigenvalue weighted by molar-refractivity contribution is 5.93. The average Bonchev–Trinajstić information content (AvgIpc) is 3.11. The van der Waals surface area contributed by atoms with Crippen LogP contribution in [0.5, 0.6) is 0 Å². The minimum atomic E-state index is -4.45. The van der Waals surface area contributed by atoms with E-state index in [9.17, 15) is 18.0 Å². The summed E-state index contributed by atoms with van der Waals surface area (Å²) in [7, 11) is 0. The van der Waals surface area contributed by atoms with Gasteiger partial charge in [0, 0.05) is 25.1 Å². The molecule has 0 spiro atoms. The zero-order chi connectivity index (χ0) is 19.9. The van der Waals surface area contributed by atoms with Crippen molar-refractivity contribution in [1.82, 2.24) is 14.7 Å². The first-order valence-corrected chi connectivity index (χ1v) is 9.63. The van der Waals surface area contributed by atoms with Crippen LogP contribution < -0.4 is 5.32 Å². The Bertz CT molecular complexity index is 849. The summed E-state index contributed by atoms with van der Waals surface area (Å²) in [5.74, 6) is -0.0662. The number of hydrogen-bond donors (Lipinski definition) is 1. The maximum atomic E-state index is 13.8. The molecule has 0 aliphatic carbocycles. The van der Waals surface area contributed by atoms with Crippen LogP contribution in [0.1, 0.15) is 60.7 Å². The average molecular weight is 392 g/mol. The number of likely N-dealkylation sites (tertiary alicyclic amines) is 1. The van der Waals surface area contributed by atoms with E-state index in [4.69, 9.17) is 0 Å². The van der Waals surface area contributed by atoms with Crippen molar-refractivity contribution in [1.29, 1.82) is 0 Å². The number of carbonyl (C=O) groups excluding carboxylic acids is 1. The van der Waals surface area contributed by atoms with Gasteiger partial charge >= 0.3 is 6.18 Å². The molecule has 3 atom stereocenters. The van der Waals surface area contributed by atoms with Crippen LogP contribution in [0.25, 0.3) is 0 Å². The predicted molar refractivity (Wildman–Crippen MR) is 99.1 cm³/mol. The Morgan fingerprint density at radius 3 is 2.64 bits per heavy atom. The van der Waals surface area contributed by atoms with Crippen LogP contribution in [0.3, 0.4) is 0 Å². The lowest BCUT2D eigenvalue weighted by molar-refractivity contribution is -0.173. The van der Waals surface area contributed by atoms with Gasteiger partial charge in [0.25, 0.3) is 5.91 Å². The Morgan fingerprint density at radius 1 is 1.21 bits per heavy atom. The van der Waals surface area contributed by atoms with Gasteiger partial charge in [0.1, 0.15) is 5.82 Å². The van der Waals surface area contributed by atoms with Gasteiger partial charge in [0.05, 0.1) is 6.04 Å². The van der Waals surface area contributed by atoms with Crippen LogP contribution in [-0.4, -0.2) is 39.4 Å². The zero-order valence-electron chi connectivity index (χ0n) is 15.6. The third kappa shape index (κ3) is 3.47. The Labute approximate surface area is 161 Å². The van der Waals surface area contributed by atoms with E-state index in [0.29, 0.717) is 6.54 Å². The van der Waals surface area contributed by atoms with Crippen molar-refractivity contribution in [2.75, 3.05) is 11.9 Å². The number of amides is 1. The van der Waals surface area contributed by atoms with E-state index in [2.05, 4.69) is 10.4 Å². The number of nitrogens with one attached hydrogen (secondary N) is 1. The van der Waals surface area contributed by atoms with Gasteiger partial charge in [-0.3, -0.25) is 4.79 Å². The predicted octanol–water partition coefficient (Wildman–Crippen LogP) is 4.56. The normalized spacial score (nSPS) is 25.1. The molecule has 1 fully saturated rings. The second kappa shape index (κ2) is 7.14. The molecule has 8 heteroatoms. The number of rotatable bonds is 2. The number of fused-ring (bicyclic) bond motifs is 1. The fourth-order valence-corrected chi connectivity index (χ4v) is 4.13. The molecule has 3 heterocycles. The van der Waals surface area contributed by atoms with Gasteiger partial charge in [-0.15, -0.1) is 0 Å². The molecule has 1 aromatic carbocycles. The highest BCUT2D eigenvalue weighted by atomic mass is 19.4. The number of aromatic nitrogens is 2. The summed E-state index contributed by atoms with van der Waals surface area (Å²) >= 11 is 0. The van der Waals surface area contributed by atoms with Crippen molar-refractivity contribution in [2.24, 2.45) is 0 Å². The Hall–Kier alpha value is -2.51. The first-order valence-electron chi connectivity index (χ1n) is 9.63. The molecule has 2 aliphatic rings. The zero-order valence-corrected chi connectivity index (χ0v) is 15.6. The number of alkyl halides is 3. The van der Waals surface area contributed by atoms with Crippen molar-refractivity contribution in [3.05, 3.63) is 47.7 Å². The van der Waals surface area contributed by atoms with E-state index >= 15 is 0 Å². The van der Waals surface area contributed by atoms with E-state index in [1.165, 1.54) is 6.07 Å². The minimum absolute atomic E-state index is 0.0687. The second-order valence-electron chi connectivity index (χ2n) is 7.60. The lowest BCUT2D eigenvalue weighted by atomic mass is 9.97. The molecule has 0 unspecified atom stereocenters. The Balaban J connectivity index is 1.67. The Morgan fingerprint density at radius 2 is 1.96 bits per heavy atom. The highest BCUT2D eigenvalue weighted by Crippen LogP contribution is 2.43. The number of anilines is 1. The SMILES string of the molecule is C[C@H]1CCCCN1C(=O)c1cc2n(n1)[C@H](C(F)(F)F)C[C@H](c1ccccc1)N2. The highest BCUT2D eigenvalue weighted by Gasteiger charge is 2.47. The van der Waals surface area contributed by atoms with Crippen molar-refractivity contribution < 1.29 is 18.0 Å². The topological polar surface area (TPSA) is 50.2 Å². The fourth-order valence-electron chi connectivity index (χ4n) is 4.13. The maximum Gasteiger partial charge on any atom is 0.410 e. The van der Waals surface area contributed by atoms with Gasteiger partial charge < -0.3 is 10.2 Å². The van der Waals surface area contributed by atoms with E-state index in [0.717, 1.165) is 29.5 Å². The Kier molecular flexibility index (Phi) is 4.81. The van der Waals surface area contributed by atoms with Crippen LogP contribution in [0, 0.1) is 0 Å². The molecule has 1 aromatic heterocycles. The van der Waals surface area contributed by atoms with Crippen LogP contribution in [0.4, 0.5) is 19.0 Å². The molecule has 1 amide bonds. The molecule has 0 radical (unpaired) electrons. The van der Waals surface area contributed by atoms with Gasteiger partial charge in [-0.2, -0.15) is 18.3 Å². The molecule has 2 aromatic rings. The van der Waals surface area contributed by atoms with Crippen molar-refractivity contribution in [3.63, 3.8) is 0 Å². The van der Waals surface area contributed by atoms with Crippen LogP contribution in [-0.2, 0) is 0 Å². The molecule has 4 rings (SSSR count). The van der Waals surface area contributed by atoms with E-state index in [1.807, 2.05) is 13.0 Å². The number of piperidine rings is 1. The van der Waals surface area contributed by atoms with Crippen molar-refractivity contribution >= 4 is 11.7 Å². The third-order valence-corrected chi connectivity index (χ3v) is 5.67.